The quantitative estimate of drug-likeness (QED) is 0.0292. The minimum Gasteiger partial charge on any atom is -0.480 e. The highest BCUT2D eigenvalue weighted by Gasteiger charge is 2.35. The fourth-order valence-electron chi connectivity index (χ4n) is 5.74. The molecule has 0 radical (unpaired) electrons. The Morgan fingerprint density at radius 2 is 1.31 bits per heavy atom. The Hall–Kier alpha value is -6.05. The lowest BCUT2D eigenvalue weighted by Crippen LogP contribution is -2.61. The zero-order valence-corrected chi connectivity index (χ0v) is 33.5. The van der Waals surface area contributed by atoms with Crippen molar-refractivity contribution < 1.29 is 38.7 Å². The standard InChI is InChI=1S/C38H60N12O8/c1-5-21(3)30(40)35(55)46-25(14-15-29(39)51)32(52)50-31(22(4)6-2)36(56)49-28(18-24-19-43-20-45-24)34(54)48-27(17-23-11-8-7-9-12-23)33(53)47-26(37(57)58)13-10-16-44-38(41)42/h7-9,11-12,19-22,25-28,30-31H,5-6,10,13-18,40H2,1-4H3,(H2,39,51)(H,43,45)(H,46,55)(H,47,53)(H,48,54)(H,49,56)(H,50,52)(H,57,58)(H4,41,42,44)/t21-,22-,25-,26-,27-,28-,30-,31-/m0/s1. The molecule has 0 aliphatic heterocycles. The van der Waals surface area contributed by atoms with Crippen molar-refractivity contribution in [3.05, 3.63) is 54.1 Å². The van der Waals surface area contributed by atoms with E-state index in [4.69, 9.17) is 22.9 Å². The molecule has 0 fully saturated rings. The molecule has 2 rings (SSSR count). The van der Waals surface area contributed by atoms with Gasteiger partial charge >= 0.3 is 5.97 Å². The van der Waals surface area contributed by atoms with E-state index in [0.717, 1.165) is 0 Å². The van der Waals surface area contributed by atoms with Crippen molar-refractivity contribution in [2.75, 3.05) is 6.54 Å². The van der Waals surface area contributed by atoms with Crippen LogP contribution in [0.4, 0.5) is 0 Å². The molecular formula is C38H60N12O8. The Morgan fingerprint density at radius 3 is 1.86 bits per heavy atom. The predicted molar refractivity (Wildman–Crippen MR) is 215 cm³/mol. The van der Waals surface area contributed by atoms with Gasteiger partial charge in [0.15, 0.2) is 5.96 Å². The number of aromatic amines is 1. The number of nitrogens with zero attached hydrogens (tertiary/aromatic N) is 2. The highest BCUT2D eigenvalue weighted by molar-refractivity contribution is 5.96. The van der Waals surface area contributed by atoms with E-state index in [1.54, 1.807) is 51.1 Å². The van der Waals surface area contributed by atoms with E-state index in [0.29, 0.717) is 24.1 Å². The van der Waals surface area contributed by atoms with Crippen LogP contribution in [0, 0.1) is 11.8 Å². The summed E-state index contributed by atoms with van der Waals surface area (Å²) >= 11 is 0. The second-order valence-electron chi connectivity index (χ2n) is 14.3. The van der Waals surface area contributed by atoms with Gasteiger partial charge in [-0.25, -0.2) is 9.78 Å². The maximum atomic E-state index is 14.1. The van der Waals surface area contributed by atoms with E-state index in [1.807, 2.05) is 6.92 Å². The number of imidazole rings is 1. The van der Waals surface area contributed by atoms with Crippen molar-refractivity contribution in [2.45, 2.75) is 115 Å². The third-order valence-corrected chi connectivity index (χ3v) is 9.75. The number of rotatable bonds is 26. The summed E-state index contributed by atoms with van der Waals surface area (Å²) in [6.45, 7) is 7.28. The maximum absolute atomic E-state index is 14.1. The van der Waals surface area contributed by atoms with Gasteiger partial charge in [-0.1, -0.05) is 70.9 Å². The molecule has 0 saturated carbocycles. The minimum atomic E-state index is -1.34. The number of carboxylic acids is 1. The first kappa shape index (κ1) is 48.1. The van der Waals surface area contributed by atoms with Crippen LogP contribution < -0.4 is 49.5 Å². The van der Waals surface area contributed by atoms with Crippen LogP contribution in [0.2, 0.25) is 0 Å². The number of nitrogens with two attached hydrogens (primary N) is 4. The van der Waals surface area contributed by atoms with Gasteiger partial charge in [0, 0.05) is 37.7 Å². The van der Waals surface area contributed by atoms with Crippen LogP contribution in [-0.4, -0.2) is 105 Å². The molecule has 0 bridgehead atoms. The number of guanidine groups is 1. The Balaban J connectivity index is 2.40. The molecule has 20 heteroatoms. The number of benzene rings is 1. The molecule has 15 N–H and O–H groups in total. The van der Waals surface area contributed by atoms with E-state index < -0.39 is 83.6 Å². The Morgan fingerprint density at radius 1 is 0.741 bits per heavy atom. The van der Waals surface area contributed by atoms with Crippen LogP contribution in [0.3, 0.4) is 0 Å². The second kappa shape index (κ2) is 24.6. The van der Waals surface area contributed by atoms with E-state index in [-0.39, 0.29) is 56.9 Å². The minimum absolute atomic E-state index is 0.0111. The number of carbonyl (C=O) groups excluding carboxylic acids is 6. The molecule has 58 heavy (non-hydrogen) atoms. The topological polar surface area (TPSA) is 345 Å². The van der Waals surface area contributed by atoms with Crippen LogP contribution in [0.25, 0.3) is 0 Å². The normalized spacial score (nSPS) is 15.1. The van der Waals surface area contributed by atoms with Gasteiger partial charge < -0.3 is 59.6 Å². The van der Waals surface area contributed by atoms with Crippen molar-refractivity contribution in [3.63, 3.8) is 0 Å². The Bertz CT molecular complexity index is 1690. The number of aliphatic carboxylic acids is 1. The number of carboxylic acid groups (broad SMARTS) is 1. The molecule has 0 aliphatic carbocycles. The average Bonchev–Trinajstić information content (AvgIpc) is 3.71. The first-order valence-corrected chi connectivity index (χ1v) is 19.3. The number of nitrogens with one attached hydrogen (secondary N) is 6. The number of carbonyl (C=O) groups is 7. The average molecular weight is 813 g/mol. The molecule has 320 valence electrons. The van der Waals surface area contributed by atoms with Gasteiger partial charge in [-0.2, -0.15) is 0 Å². The monoisotopic (exact) mass is 812 g/mol. The van der Waals surface area contributed by atoms with Gasteiger partial charge in [0.1, 0.15) is 30.2 Å². The summed E-state index contributed by atoms with van der Waals surface area (Å²) in [4.78, 5) is 103. The smallest absolute Gasteiger partial charge is 0.326 e. The highest BCUT2D eigenvalue weighted by Crippen LogP contribution is 2.13. The first-order valence-electron chi connectivity index (χ1n) is 19.3. The van der Waals surface area contributed by atoms with Crippen LogP contribution >= 0.6 is 0 Å². The summed E-state index contributed by atoms with van der Waals surface area (Å²) < 4.78 is 0. The number of primary amides is 1. The van der Waals surface area contributed by atoms with Crippen LogP contribution in [0.15, 0.2) is 47.8 Å². The van der Waals surface area contributed by atoms with Crippen molar-refractivity contribution in [3.8, 4) is 0 Å². The van der Waals surface area contributed by atoms with E-state index in [1.165, 1.54) is 12.5 Å². The molecule has 1 aromatic heterocycles. The Labute approximate surface area is 337 Å². The number of hydrogen-bond donors (Lipinski definition) is 11. The fraction of sp³-hybridized carbons (Fsp3) is 0.553. The SMILES string of the molecule is CC[C@H](C)[C@H](N)C(=O)N[C@@H](CCC(N)=O)C(=O)N[C@H](C(=O)N[C@@H](Cc1cnc[nH]1)C(=O)N[C@@H](Cc1ccccc1)C(=O)N[C@@H](CCCN=C(N)N)C(=O)O)[C@@H](C)CC. The third-order valence-electron chi connectivity index (χ3n) is 9.75. The molecule has 20 nitrogen and oxygen atoms in total. The molecule has 6 amide bonds. The summed E-state index contributed by atoms with van der Waals surface area (Å²) in [7, 11) is 0. The molecule has 0 aliphatic rings. The zero-order chi connectivity index (χ0) is 43.4. The fourth-order valence-corrected chi connectivity index (χ4v) is 5.74. The summed E-state index contributed by atoms with van der Waals surface area (Å²) in [5.41, 5.74) is 23.3. The zero-order valence-electron chi connectivity index (χ0n) is 33.5. The molecule has 1 aromatic carbocycles. The van der Waals surface area contributed by atoms with E-state index >= 15 is 0 Å². The van der Waals surface area contributed by atoms with Gasteiger partial charge in [0.2, 0.25) is 35.4 Å². The summed E-state index contributed by atoms with van der Waals surface area (Å²) in [6.07, 6.45) is 3.50. The summed E-state index contributed by atoms with van der Waals surface area (Å²) in [6, 6.07) is 1.31. The number of hydrogen-bond acceptors (Lipinski definition) is 10. The van der Waals surface area contributed by atoms with Crippen LogP contribution in [-0.2, 0) is 46.4 Å². The van der Waals surface area contributed by atoms with Gasteiger partial charge in [0.25, 0.3) is 0 Å². The highest BCUT2D eigenvalue weighted by atomic mass is 16.4. The van der Waals surface area contributed by atoms with Gasteiger partial charge in [-0.15, -0.1) is 0 Å². The first-order chi connectivity index (χ1) is 27.5. The van der Waals surface area contributed by atoms with E-state index in [2.05, 4.69) is 41.5 Å². The van der Waals surface area contributed by atoms with Crippen molar-refractivity contribution in [1.82, 2.24) is 36.6 Å². The molecule has 0 saturated heterocycles. The van der Waals surface area contributed by atoms with Crippen LogP contribution in [0.1, 0.15) is 77.5 Å². The molecule has 2 aromatic rings. The van der Waals surface area contributed by atoms with Crippen molar-refractivity contribution in [2.24, 2.45) is 39.8 Å². The number of amides is 6. The Kier molecular flexibility index (Phi) is 20.4. The predicted octanol–water partition coefficient (Wildman–Crippen LogP) is -1.56. The number of aliphatic imine (C=N–C) groups is 1. The second-order valence-corrected chi connectivity index (χ2v) is 14.3. The third kappa shape index (κ3) is 16.6. The summed E-state index contributed by atoms with van der Waals surface area (Å²) in [5.74, 6) is -6.61. The molecule has 1 heterocycles. The molecule has 0 spiro atoms. The van der Waals surface area contributed by atoms with E-state index in [9.17, 15) is 38.7 Å². The lowest BCUT2D eigenvalue weighted by atomic mass is 9.96. The maximum Gasteiger partial charge on any atom is 0.326 e. The molecular weight excluding hydrogens is 752 g/mol. The summed E-state index contributed by atoms with van der Waals surface area (Å²) in [5, 5.41) is 23.0. The van der Waals surface area contributed by atoms with Crippen LogP contribution in [0.5, 0.6) is 0 Å². The lowest BCUT2D eigenvalue weighted by Gasteiger charge is -2.29. The lowest BCUT2D eigenvalue weighted by molar-refractivity contribution is -0.142. The number of H-pyrrole nitrogens is 1. The van der Waals surface area contributed by atoms with Crippen molar-refractivity contribution in [1.29, 1.82) is 0 Å². The molecule has 8 atom stereocenters. The number of aromatic nitrogens is 2. The largest absolute Gasteiger partial charge is 0.480 e. The van der Waals surface area contributed by atoms with Gasteiger partial charge in [-0.05, 0) is 36.7 Å². The van der Waals surface area contributed by atoms with Gasteiger partial charge in [0.05, 0.1) is 12.4 Å². The van der Waals surface area contributed by atoms with Gasteiger partial charge in [-0.3, -0.25) is 33.8 Å². The van der Waals surface area contributed by atoms with Crippen molar-refractivity contribution >= 4 is 47.4 Å². The molecule has 0 unspecified atom stereocenters.